The average Bonchev–Trinajstić information content (AvgIpc) is 3.40. The van der Waals surface area contributed by atoms with Crippen LogP contribution in [0.25, 0.3) is 10.8 Å². The Morgan fingerprint density at radius 2 is 2.04 bits per heavy atom. The molecule has 2 fully saturated rings. The molecule has 0 amide bonds. The van der Waals surface area contributed by atoms with E-state index in [4.69, 9.17) is 11.6 Å². The van der Waals surface area contributed by atoms with E-state index in [0.29, 0.717) is 23.0 Å². The fraction of sp³-hybridized carbons (Fsp3) is 0.571. The van der Waals surface area contributed by atoms with Gasteiger partial charge in [0.2, 0.25) is 0 Å². The Balaban J connectivity index is 1.56. The molecule has 1 aromatic carbocycles. The number of fused-ring (bicyclic) bond motifs is 1. The fourth-order valence-corrected chi connectivity index (χ4v) is 6.04. The van der Waals surface area contributed by atoms with Gasteiger partial charge in [-0.2, -0.15) is 0 Å². The molecule has 26 heavy (non-hydrogen) atoms. The Bertz CT molecular complexity index is 849. The van der Waals surface area contributed by atoms with Gasteiger partial charge in [0.15, 0.2) is 0 Å². The smallest absolute Gasteiger partial charge is 0.129 e. The summed E-state index contributed by atoms with van der Waals surface area (Å²) in [5.74, 6) is 3.47. The molecule has 0 bridgehead atoms. The number of anilines is 1. The van der Waals surface area contributed by atoms with E-state index in [0.717, 1.165) is 24.0 Å². The molecule has 0 unspecified atom stereocenters. The Labute approximate surface area is 163 Å². The summed E-state index contributed by atoms with van der Waals surface area (Å²) < 4.78 is 12.3. The number of nitrogens with zero attached hydrogens (tertiary/aromatic N) is 2. The predicted molar refractivity (Wildman–Crippen MR) is 112 cm³/mol. The molecule has 140 valence electrons. The summed E-state index contributed by atoms with van der Waals surface area (Å²) in [6.45, 7) is 7.66. The summed E-state index contributed by atoms with van der Waals surface area (Å²) in [6.07, 6.45) is 4.47. The zero-order valence-corrected chi connectivity index (χ0v) is 17.3. The van der Waals surface area contributed by atoms with Gasteiger partial charge < -0.3 is 4.90 Å². The second-order valence-corrected chi connectivity index (χ2v) is 10.2. The molecule has 0 radical (unpaired) electrons. The van der Waals surface area contributed by atoms with Crippen LogP contribution in [0.1, 0.15) is 45.1 Å². The van der Waals surface area contributed by atoms with E-state index in [1.54, 1.807) is 0 Å². The summed E-state index contributed by atoms with van der Waals surface area (Å²) in [5, 5.41) is 2.91. The quantitative estimate of drug-likeness (QED) is 0.651. The highest BCUT2D eigenvalue weighted by Crippen LogP contribution is 2.39. The number of halogens is 1. The molecule has 4 rings (SSSR count). The van der Waals surface area contributed by atoms with Crippen molar-refractivity contribution in [2.45, 2.75) is 45.6 Å². The normalized spacial score (nSPS) is 24.1. The first kappa shape index (κ1) is 18.2. The lowest BCUT2D eigenvalue weighted by atomic mass is 9.89. The summed E-state index contributed by atoms with van der Waals surface area (Å²) in [5.41, 5.74) is 2.54. The van der Waals surface area contributed by atoms with Crippen molar-refractivity contribution in [3.63, 3.8) is 0 Å². The second kappa shape index (κ2) is 7.12. The van der Waals surface area contributed by atoms with E-state index >= 15 is 0 Å². The molecular formula is C21H27ClN2OS. The Morgan fingerprint density at radius 1 is 1.27 bits per heavy atom. The van der Waals surface area contributed by atoms with Gasteiger partial charge in [-0.25, -0.2) is 4.98 Å². The van der Waals surface area contributed by atoms with Gasteiger partial charge in [-0.1, -0.05) is 31.5 Å². The maximum absolute atomic E-state index is 12.3. The lowest BCUT2D eigenvalue weighted by Crippen LogP contribution is -2.56. The third-order valence-corrected chi connectivity index (χ3v) is 7.78. The molecule has 1 aliphatic heterocycles. The predicted octanol–water partition coefficient (Wildman–Crippen LogP) is 5.00. The van der Waals surface area contributed by atoms with Gasteiger partial charge in [-0.3, -0.25) is 4.21 Å². The van der Waals surface area contributed by atoms with Crippen LogP contribution in [0.2, 0.25) is 5.15 Å². The highest BCUT2D eigenvalue weighted by atomic mass is 35.5. The minimum absolute atomic E-state index is 0.418. The fourth-order valence-electron chi connectivity index (χ4n) is 4.03. The maximum atomic E-state index is 12.3. The van der Waals surface area contributed by atoms with Crippen molar-refractivity contribution in [1.82, 2.24) is 4.98 Å². The van der Waals surface area contributed by atoms with E-state index in [2.05, 4.69) is 42.8 Å². The molecule has 2 heterocycles. The molecule has 3 atom stereocenters. The van der Waals surface area contributed by atoms with Crippen LogP contribution in [0.4, 0.5) is 5.69 Å². The molecule has 1 aromatic heterocycles. The first-order valence-corrected chi connectivity index (χ1v) is 11.5. The van der Waals surface area contributed by atoms with Gasteiger partial charge in [0.1, 0.15) is 5.15 Å². The highest BCUT2D eigenvalue weighted by molar-refractivity contribution is 7.85. The summed E-state index contributed by atoms with van der Waals surface area (Å²) in [7, 11) is -0.655. The summed E-state index contributed by atoms with van der Waals surface area (Å²) in [6, 6.07) is 6.86. The van der Waals surface area contributed by atoms with Crippen LogP contribution < -0.4 is 4.90 Å². The van der Waals surface area contributed by atoms with Crippen molar-refractivity contribution in [3.8, 4) is 0 Å². The maximum Gasteiger partial charge on any atom is 0.129 e. The van der Waals surface area contributed by atoms with Crippen LogP contribution in [0, 0.1) is 11.8 Å². The van der Waals surface area contributed by atoms with Crippen LogP contribution >= 0.6 is 11.6 Å². The first-order valence-electron chi connectivity index (χ1n) is 9.63. The van der Waals surface area contributed by atoms with Crippen molar-refractivity contribution in [2.75, 3.05) is 23.0 Å². The van der Waals surface area contributed by atoms with Gasteiger partial charge in [0.05, 0.1) is 0 Å². The number of pyridine rings is 1. The molecule has 5 heteroatoms. The second-order valence-electron chi connectivity index (χ2n) is 8.25. The molecular weight excluding hydrogens is 364 g/mol. The van der Waals surface area contributed by atoms with Gasteiger partial charge >= 0.3 is 0 Å². The minimum atomic E-state index is -0.655. The van der Waals surface area contributed by atoms with Crippen LogP contribution in [0.3, 0.4) is 0 Å². The van der Waals surface area contributed by atoms with Crippen LogP contribution in [0.15, 0.2) is 24.4 Å². The average molecular weight is 391 g/mol. The van der Waals surface area contributed by atoms with Gasteiger partial charge in [0, 0.05) is 58.1 Å². The number of benzene rings is 1. The molecule has 0 spiro atoms. The Hall–Kier alpha value is -1.13. The molecule has 1 saturated heterocycles. The van der Waals surface area contributed by atoms with E-state index in [1.165, 1.54) is 34.9 Å². The van der Waals surface area contributed by atoms with Gasteiger partial charge in [-0.05, 0) is 54.7 Å². The van der Waals surface area contributed by atoms with Crippen molar-refractivity contribution in [3.05, 3.63) is 35.1 Å². The minimum Gasteiger partial charge on any atom is -0.368 e. The third-order valence-electron chi connectivity index (χ3n) is 5.93. The summed E-state index contributed by atoms with van der Waals surface area (Å²) >= 11 is 6.17. The lowest BCUT2D eigenvalue weighted by Gasteiger charge is -2.48. The van der Waals surface area contributed by atoms with E-state index in [1.807, 2.05) is 12.3 Å². The topological polar surface area (TPSA) is 33.2 Å². The zero-order valence-electron chi connectivity index (χ0n) is 15.7. The largest absolute Gasteiger partial charge is 0.368 e. The monoisotopic (exact) mass is 390 g/mol. The van der Waals surface area contributed by atoms with Gasteiger partial charge in [-0.15, -0.1) is 0 Å². The standard InChI is InChI=1S/C21H27ClN2OS/c1-13(2)17-6-7-20(19-9-23-21(22)8-18(17)19)24-10-16(14(24)3)12-26(25)11-15-4-5-15/h6-9,13-16H,4-5,10-12H2,1-3H3/t14-,16-,26-/m1/s1. The molecule has 3 nitrogen and oxygen atoms in total. The van der Waals surface area contributed by atoms with E-state index in [-0.39, 0.29) is 0 Å². The molecule has 2 aliphatic rings. The number of rotatable bonds is 6. The molecule has 1 aliphatic carbocycles. The zero-order chi connectivity index (χ0) is 18.4. The van der Waals surface area contributed by atoms with Crippen LogP contribution in [-0.2, 0) is 10.8 Å². The van der Waals surface area contributed by atoms with Crippen LogP contribution in [0.5, 0.6) is 0 Å². The number of hydrogen-bond acceptors (Lipinski definition) is 3. The lowest BCUT2D eigenvalue weighted by molar-refractivity contribution is 0.344. The highest BCUT2D eigenvalue weighted by Gasteiger charge is 2.38. The van der Waals surface area contributed by atoms with Crippen molar-refractivity contribution in [1.29, 1.82) is 0 Å². The van der Waals surface area contributed by atoms with Gasteiger partial charge in [0.25, 0.3) is 0 Å². The SMILES string of the molecule is CC(C)c1ccc(N2C[C@H](C[S@](=O)CC3CC3)[C@H]2C)c2cnc(Cl)cc12. The van der Waals surface area contributed by atoms with E-state index in [9.17, 15) is 4.21 Å². The molecule has 1 saturated carbocycles. The van der Waals surface area contributed by atoms with Crippen molar-refractivity contribution < 1.29 is 4.21 Å². The van der Waals surface area contributed by atoms with Crippen molar-refractivity contribution in [2.24, 2.45) is 11.8 Å². The Kier molecular flexibility index (Phi) is 5.00. The Morgan fingerprint density at radius 3 is 2.69 bits per heavy atom. The van der Waals surface area contributed by atoms with Crippen LogP contribution in [-0.4, -0.2) is 33.3 Å². The van der Waals surface area contributed by atoms with E-state index < -0.39 is 10.8 Å². The molecule has 2 aromatic rings. The molecule has 0 N–H and O–H groups in total. The van der Waals surface area contributed by atoms with Crippen molar-refractivity contribution >= 4 is 38.9 Å². The number of aromatic nitrogens is 1. The number of hydrogen-bond donors (Lipinski definition) is 0. The third kappa shape index (κ3) is 3.50. The first-order chi connectivity index (χ1) is 12.4. The summed E-state index contributed by atoms with van der Waals surface area (Å²) in [4.78, 5) is 6.76.